The second-order valence-corrected chi connectivity index (χ2v) is 4.55. The summed E-state index contributed by atoms with van der Waals surface area (Å²) in [6, 6.07) is 3.29. The zero-order chi connectivity index (χ0) is 17.8. The molecule has 0 fully saturated rings. The molecule has 0 saturated heterocycles. The van der Waals surface area contributed by atoms with E-state index in [2.05, 4.69) is 0 Å². The summed E-state index contributed by atoms with van der Waals surface area (Å²) in [5, 5.41) is 21.2. The van der Waals surface area contributed by atoms with Crippen LogP contribution in [0, 0.1) is 10.1 Å². The summed E-state index contributed by atoms with van der Waals surface area (Å²) in [4.78, 5) is 31.8. The molecule has 0 heterocycles. The van der Waals surface area contributed by atoms with E-state index in [1.165, 1.54) is 11.4 Å². The summed E-state index contributed by atoms with van der Waals surface area (Å²) in [6.07, 6.45) is -4.41. The third kappa shape index (κ3) is 5.25. The van der Waals surface area contributed by atoms with E-state index in [9.17, 15) is 32.9 Å². The molecule has 124 valence electrons. The maximum absolute atomic E-state index is 12.1. The van der Waals surface area contributed by atoms with Crippen molar-refractivity contribution in [2.45, 2.75) is 6.18 Å². The highest BCUT2D eigenvalue weighted by Crippen LogP contribution is 2.25. The molecule has 0 saturated carbocycles. The zero-order valence-corrected chi connectivity index (χ0v) is 11.8. The smallest absolute Gasteiger partial charge is 0.471 e. The minimum atomic E-state index is -5.17. The summed E-state index contributed by atoms with van der Waals surface area (Å²) in [5.41, 5.74) is -1.40. The van der Waals surface area contributed by atoms with E-state index >= 15 is 0 Å². The molecule has 11 heteroatoms. The predicted molar refractivity (Wildman–Crippen MR) is 72.8 cm³/mol. The Kier molecular flexibility index (Phi) is 5.68. The molecule has 0 spiro atoms. The van der Waals surface area contributed by atoms with Gasteiger partial charge in [0.05, 0.1) is 22.6 Å². The minimum Gasteiger partial charge on any atom is -0.478 e. The molecule has 1 amide bonds. The van der Waals surface area contributed by atoms with E-state index in [0.29, 0.717) is 0 Å². The Morgan fingerprint density at radius 1 is 1.39 bits per heavy atom. The van der Waals surface area contributed by atoms with Crippen molar-refractivity contribution in [1.82, 2.24) is 5.32 Å². The van der Waals surface area contributed by atoms with Gasteiger partial charge in [0.2, 0.25) is 0 Å². The normalized spacial score (nSPS) is 11.9. The number of benzene rings is 1. The summed E-state index contributed by atoms with van der Waals surface area (Å²) in [5.74, 6) is -3.98. The number of hydrogen-bond acceptors (Lipinski definition) is 4. The average Bonchev–Trinajstić information content (AvgIpc) is 2.41. The molecular weight excluding hydrogens is 345 g/mol. The van der Waals surface area contributed by atoms with Crippen molar-refractivity contribution in [3.63, 3.8) is 0 Å². The number of aliphatic carboxylic acids is 1. The molecular formula is C12H8ClF3N2O5. The van der Waals surface area contributed by atoms with Crippen LogP contribution in [-0.4, -0.2) is 34.6 Å². The molecule has 0 unspecified atom stereocenters. The van der Waals surface area contributed by atoms with Crippen LogP contribution < -0.4 is 5.32 Å². The Balaban J connectivity index is 3.14. The van der Waals surface area contributed by atoms with Crippen molar-refractivity contribution >= 4 is 35.2 Å². The molecule has 2 N–H and O–H groups in total. The SMILES string of the molecule is O=C(O)/C(=C/c1cc(Cl)ccc1[N+](=O)[O-])CNC(=O)C(F)(F)F. The fraction of sp³-hybridized carbons (Fsp3) is 0.167. The number of carbonyl (C=O) groups is 2. The second-order valence-electron chi connectivity index (χ2n) is 4.12. The van der Waals surface area contributed by atoms with Crippen LogP contribution in [0.3, 0.4) is 0 Å². The lowest BCUT2D eigenvalue weighted by molar-refractivity contribution is -0.385. The van der Waals surface area contributed by atoms with Gasteiger partial charge in [-0.2, -0.15) is 13.2 Å². The van der Waals surface area contributed by atoms with Gasteiger partial charge in [-0.1, -0.05) is 11.6 Å². The molecule has 0 atom stereocenters. The molecule has 0 aromatic heterocycles. The van der Waals surface area contributed by atoms with E-state index in [-0.39, 0.29) is 10.6 Å². The first-order valence-electron chi connectivity index (χ1n) is 5.75. The topological polar surface area (TPSA) is 110 Å². The lowest BCUT2D eigenvalue weighted by Crippen LogP contribution is -2.38. The Morgan fingerprint density at radius 3 is 2.48 bits per heavy atom. The van der Waals surface area contributed by atoms with Gasteiger partial charge < -0.3 is 10.4 Å². The van der Waals surface area contributed by atoms with Crippen LogP contribution >= 0.6 is 11.6 Å². The van der Waals surface area contributed by atoms with E-state index in [0.717, 1.165) is 18.2 Å². The Bertz CT molecular complexity index is 688. The summed E-state index contributed by atoms with van der Waals surface area (Å²) in [7, 11) is 0. The number of nitro groups is 1. The van der Waals surface area contributed by atoms with Crippen LogP contribution in [0.25, 0.3) is 6.08 Å². The predicted octanol–water partition coefficient (Wildman–Crippen LogP) is 2.39. The van der Waals surface area contributed by atoms with Gasteiger partial charge in [-0.05, 0) is 18.2 Å². The Hall–Kier alpha value is -2.62. The number of carbonyl (C=O) groups excluding carboxylic acids is 1. The monoisotopic (exact) mass is 352 g/mol. The first-order chi connectivity index (χ1) is 10.5. The fourth-order valence-electron chi connectivity index (χ4n) is 1.46. The number of carboxylic acids is 1. The number of alkyl halides is 3. The van der Waals surface area contributed by atoms with Crippen LogP contribution in [0.2, 0.25) is 5.02 Å². The average molecular weight is 353 g/mol. The van der Waals surface area contributed by atoms with Gasteiger partial charge in [-0.3, -0.25) is 14.9 Å². The van der Waals surface area contributed by atoms with Crippen molar-refractivity contribution in [1.29, 1.82) is 0 Å². The lowest BCUT2D eigenvalue weighted by Gasteiger charge is -2.08. The van der Waals surface area contributed by atoms with Crippen LogP contribution in [0.4, 0.5) is 18.9 Å². The van der Waals surface area contributed by atoms with Crippen molar-refractivity contribution < 1.29 is 32.8 Å². The van der Waals surface area contributed by atoms with Gasteiger partial charge in [0, 0.05) is 11.1 Å². The summed E-state index contributed by atoms with van der Waals surface area (Å²) in [6.45, 7) is -0.975. The molecule has 1 rings (SSSR count). The molecule has 1 aromatic rings. The number of nitro benzene ring substituents is 1. The van der Waals surface area contributed by atoms with Gasteiger partial charge in [0.1, 0.15) is 0 Å². The Morgan fingerprint density at radius 2 is 2.00 bits per heavy atom. The second kappa shape index (κ2) is 7.09. The van der Waals surface area contributed by atoms with E-state index in [1.807, 2.05) is 0 Å². The minimum absolute atomic E-state index is 0.0610. The number of nitrogens with one attached hydrogen (secondary N) is 1. The molecule has 0 bridgehead atoms. The van der Waals surface area contributed by atoms with Crippen molar-refractivity contribution in [3.05, 3.63) is 44.5 Å². The highest BCUT2D eigenvalue weighted by molar-refractivity contribution is 6.30. The number of hydrogen-bond donors (Lipinski definition) is 2. The maximum Gasteiger partial charge on any atom is 0.471 e. The molecule has 1 aromatic carbocycles. The first-order valence-corrected chi connectivity index (χ1v) is 6.13. The molecule has 23 heavy (non-hydrogen) atoms. The fourth-order valence-corrected chi connectivity index (χ4v) is 1.64. The van der Waals surface area contributed by atoms with Crippen molar-refractivity contribution in [2.75, 3.05) is 6.54 Å². The largest absolute Gasteiger partial charge is 0.478 e. The third-order valence-corrected chi connectivity index (χ3v) is 2.72. The van der Waals surface area contributed by atoms with E-state index in [4.69, 9.17) is 16.7 Å². The molecule has 0 aliphatic rings. The molecule has 0 aliphatic carbocycles. The number of carboxylic acid groups (broad SMARTS) is 1. The van der Waals surface area contributed by atoms with Crippen LogP contribution in [0.1, 0.15) is 5.56 Å². The van der Waals surface area contributed by atoms with Crippen molar-refractivity contribution in [3.8, 4) is 0 Å². The zero-order valence-electron chi connectivity index (χ0n) is 11.1. The molecule has 0 aliphatic heterocycles. The highest BCUT2D eigenvalue weighted by atomic mass is 35.5. The number of halogens is 4. The third-order valence-electron chi connectivity index (χ3n) is 2.49. The standard InChI is InChI=1S/C12H8ClF3N2O5/c13-8-1-2-9(18(22)23)6(4-8)3-7(10(19)20)5-17-11(21)12(14,15)16/h1-4H,5H2,(H,17,21)(H,19,20)/b7-3+. The molecule has 0 radical (unpaired) electrons. The number of rotatable bonds is 5. The number of amides is 1. The maximum atomic E-state index is 12.1. The van der Waals surface area contributed by atoms with Gasteiger partial charge in [0.15, 0.2) is 0 Å². The van der Waals surface area contributed by atoms with Gasteiger partial charge >= 0.3 is 18.1 Å². The number of nitrogens with zero attached hydrogens (tertiary/aromatic N) is 1. The first kappa shape index (κ1) is 18.4. The summed E-state index contributed by atoms with van der Waals surface area (Å²) >= 11 is 5.65. The van der Waals surface area contributed by atoms with Gasteiger partial charge in [0.25, 0.3) is 5.69 Å². The van der Waals surface area contributed by atoms with Crippen molar-refractivity contribution in [2.24, 2.45) is 0 Å². The molecule has 7 nitrogen and oxygen atoms in total. The van der Waals surface area contributed by atoms with Gasteiger partial charge in [-0.15, -0.1) is 0 Å². The quantitative estimate of drug-likeness (QED) is 0.480. The van der Waals surface area contributed by atoms with Crippen LogP contribution in [0.5, 0.6) is 0 Å². The summed E-state index contributed by atoms with van der Waals surface area (Å²) < 4.78 is 36.2. The Labute approximate surface area is 131 Å². The van der Waals surface area contributed by atoms with E-state index < -0.39 is 40.8 Å². The van der Waals surface area contributed by atoms with E-state index in [1.54, 1.807) is 0 Å². The van der Waals surface area contributed by atoms with Gasteiger partial charge in [-0.25, -0.2) is 4.79 Å². The van der Waals surface area contributed by atoms with Crippen LogP contribution in [-0.2, 0) is 9.59 Å². The lowest BCUT2D eigenvalue weighted by atomic mass is 10.1. The van der Waals surface area contributed by atoms with Crippen LogP contribution in [0.15, 0.2) is 23.8 Å². The highest BCUT2D eigenvalue weighted by Gasteiger charge is 2.38.